The number of aryl methyl sites for hydroxylation is 2. The number of halogens is 1. The lowest BCUT2D eigenvalue weighted by molar-refractivity contribution is -0.384. The van der Waals surface area contributed by atoms with E-state index in [-0.39, 0.29) is 28.2 Å². The molecule has 0 bridgehead atoms. The van der Waals surface area contributed by atoms with Gasteiger partial charge < -0.3 is 5.32 Å². The number of nitrogens with one attached hydrogen (secondary N) is 1. The van der Waals surface area contributed by atoms with Gasteiger partial charge in [0.1, 0.15) is 0 Å². The number of non-ortho nitro benzene ring substituents is 1. The molecule has 1 aliphatic rings. The topological polar surface area (TPSA) is 72.2 Å². The van der Waals surface area contributed by atoms with E-state index in [9.17, 15) is 14.9 Å². The van der Waals surface area contributed by atoms with Crippen molar-refractivity contribution in [2.45, 2.75) is 32.2 Å². The fourth-order valence-corrected chi connectivity index (χ4v) is 3.28. The second-order valence-electron chi connectivity index (χ2n) is 6.00. The molecule has 2 aromatic carbocycles. The molecule has 0 heterocycles. The van der Waals surface area contributed by atoms with Crippen molar-refractivity contribution in [2.24, 2.45) is 0 Å². The van der Waals surface area contributed by atoms with Crippen LogP contribution in [0.15, 0.2) is 36.4 Å². The SMILES string of the molecule is CC(NC(=O)c1ccc([N+](=O)[O-])cc1Cl)c1ccc2c(c1)CCC2. The highest BCUT2D eigenvalue weighted by Crippen LogP contribution is 2.26. The molecule has 5 nitrogen and oxygen atoms in total. The van der Waals surface area contributed by atoms with E-state index in [1.165, 1.54) is 35.7 Å². The zero-order valence-corrected chi connectivity index (χ0v) is 14.0. The summed E-state index contributed by atoms with van der Waals surface area (Å²) in [4.78, 5) is 22.6. The molecule has 0 radical (unpaired) electrons. The monoisotopic (exact) mass is 344 g/mol. The van der Waals surface area contributed by atoms with Gasteiger partial charge in [0.2, 0.25) is 0 Å². The molecule has 0 saturated carbocycles. The molecule has 0 aliphatic heterocycles. The third-order valence-electron chi connectivity index (χ3n) is 4.38. The van der Waals surface area contributed by atoms with Crippen molar-refractivity contribution in [2.75, 3.05) is 0 Å². The van der Waals surface area contributed by atoms with E-state index in [4.69, 9.17) is 11.6 Å². The first-order valence-corrected chi connectivity index (χ1v) is 8.20. The van der Waals surface area contributed by atoms with Crippen molar-refractivity contribution in [3.8, 4) is 0 Å². The van der Waals surface area contributed by atoms with Gasteiger partial charge in [-0.15, -0.1) is 0 Å². The van der Waals surface area contributed by atoms with Crippen molar-refractivity contribution >= 4 is 23.2 Å². The summed E-state index contributed by atoms with van der Waals surface area (Å²) in [5, 5.41) is 13.7. The van der Waals surface area contributed by atoms with Crippen molar-refractivity contribution in [1.82, 2.24) is 5.32 Å². The number of amides is 1. The number of fused-ring (bicyclic) bond motifs is 1. The molecule has 6 heteroatoms. The Morgan fingerprint density at radius 2 is 1.96 bits per heavy atom. The first-order valence-electron chi connectivity index (χ1n) is 7.82. The van der Waals surface area contributed by atoms with Crippen LogP contribution in [0.3, 0.4) is 0 Å². The maximum absolute atomic E-state index is 12.4. The molecule has 0 fully saturated rings. The Labute approximate surface area is 144 Å². The fourth-order valence-electron chi connectivity index (χ4n) is 3.02. The van der Waals surface area contributed by atoms with Gasteiger partial charge in [-0.05, 0) is 48.9 Å². The number of nitro benzene ring substituents is 1. The van der Waals surface area contributed by atoms with E-state index in [2.05, 4.69) is 17.4 Å². The molecule has 1 unspecified atom stereocenters. The predicted octanol–water partition coefficient (Wildman–Crippen LogP) is 4.23. The van der Waals surface area contributed by atoms with Crippen LogP contribution in [0.1, 0.15) is 46.4 Å². The molecule has 1 amide bonds. The van der Waals surface area contributed by atoms with Gasteiger partial charge in [0, 0.05) is 12.1 Å². The number of carbonyl (C=O) groups excluding carboxylic acids is 1. The smallest absolute Gasteiger partial charge is 0.270 e. The molecule has 24 heavy (non-hydrogen) atoms. The second kappa shape index (κ2) is 6.61. The van der Waals surface area contributed by atoms with Gasteiger partial charge >= 0.3 is 0 Å². The molecular formula is C18H17ClN2O3. The van der Waals surface area contributed by atoms with E-state index in [0.717, 1.165) is 18.4 Å². The Morgan fingerprint density at radius 1 is 1.21 bits per heavy atom. The number of rotatable bonds is 4. The van der Waals surface area contributed by atoms with Crippen LogP contribution < -0.4 is 5.32 Å². The molecule has 0 spiro atoms. The summed E-state index contributed by atoms with van der Waals surface area (Å²) in [7, 11) is 0. The van der Waals surface area contributed by atoms with Gasteiger partial charge in [-0.2, -0.15) is 0 Å². The Hall–Kier alpha value is -2.40. The maximum Gasteiger partial charge on any atom is 0.270 e. The second-order valence-corrected chi connectivity index (χ2v) is 6.41. The van der Waals surface area contributed by atoms with Gasteiger partial charge in [0.15, 0.2) is 0 Å². The van der Waals surface area contributed by atoms with Crippen LogP contribution in [0.2, 0.25) is 5.02 Å². The van der Waals surface area contributed by atoms with Crippen molar-refractivity contribution in [1.29, 1.82) is 0 Å². The number of hydrogen-bond donors (Lipinski definition) is 1. The van der Waals surface area contributed by atoms with Crippen molar-refractivity contribution in [3.05, 3.63) is 73.8 Å². The van der Waals surface area contributed by atoms with Crippen LogP contribution >= 0.6 is 11.6 Å². The minimum Gasteiger partial charge on any atom is -0.345 e. The zero-order chi connectivity index (χ0) is 17.3. The summed E-state index contributed by atoms with van der Waals surface area (Å²) in [6.07, 6.45) is 3.38. The standard InChI is InChI=1S/C18H17ClN2O3/c1-11(13-6-5-12-3-2-4-14(12)9-13)20-18(22)16-8-7-15(21(23)24)10-17(16)19/h5-11H,2-4H2,1H3,(H,20,22). The van der Waals surface area contributed by atoms with E-state index < -0.39 is 4.92 Å². The molecule has 1 aliphatic carbocycles. The van der Waals surface area contributed by atoms with Gasteiger partial charge in [-0.25, -0.2) is 0 Å². The third kappa shape index (κ3) is 3.26. The van der Waals surface area contributed by atoms with E-state index in [1.54, 1.807) is 0 Å². The molecule has 0 aromatic heterocycles. The van der Waals surface area contributed by atoms with Gasteiger partial charge in [0.25, 0.3) is 11.6 Å². The minimum absolute atomic E-state index is 0.0721. The van der Waals surface area contributed by atoms with Gasteiger partial charge in [-0.3, -0.25) is 14.9 Å². The summed E-state index contributed by atoms with van der Waals surface area (Å²) < 4.78 is 0. The number of nitro groups is 1. The number of carbonyl (C=O) groups is 1. The van der Waals surface area contributed by atoms with E-state index in [0.29, 0.717) is 0 Å². The van der Waals surface area contributed by atoms with Crippen LogP contribution in [0, 0.1) is 10.1 Å². The Kier molecular flexibility index (Phi) is 4.53. The van der Waals surface area contributed by atoms with Crippen molar-refractivity contribution < 1.29 is 9.72 Å². The largest absolute Gasteiger partial charge is 0.345 e. The highest BCUT2D eigenvalue weighted by molar-refractivity contribution is 6.34. The predicted molar refractivity (Wildman–Crippen MR) is 92.5 cm³/mol. The molecule has 124 valence electrons. The first-order chi connectivity index (χ1) is 11.5. The van der Waals surface area contributed by atoms with Crippen LogP contribution in [0.4, 0.5) is 5.69 Å². The molecule has 0 saturated heterocycles. The third-order valence-corrected chi connectivity index (χ3v) is 4.69. The van der Waals surface area contributed by atoms with Crippen molar-refractivity contribution in [3.63, 3.8) is 0 Å². The quantitative estimate of drug-likeness (QED) is 0.666. The summed E-state index contributed by atoms with van der Waals surface area (Å²) >= 11 is 6.01. The average Bonchev–Trinajstić information content (AvgIpc) is 3.01. The fraction of sp³-hybridized carbons (Fsp3) is 0.278. The maximum atomic E-state index is 12.4. The molecule has 1 N–H and O–H groups in total. The van der Waals surface area contributed by atoms with E-state index in [1.807, 2.05) is 13.0 Å². The summed E-state index contributed by atoms with van der Waals surface area (Å²) in [5.74, 6) is -0.345. The molecule has 2 aromatic rings. The number of nitrogens with zero attached hydrogens (tertiary/aromatic N) is 1. The highest BCUT2D eigenvalue weighted by Gasteiger charge is 2.18. The van der Waals surface area contributed by atoms with Crippen LogP contribution in [0.25, 0.3) is 0 Å². The normalized spacial score (nSPS) is 14.1. The molecule has 3 rings (SSSR count). The van der Waals surface area contributed by atoms with Crippen LogP contribution in [-0.4, -0.2) is 10.8 Å². The number of hydrogen-bond acceptors (Lipinski definition) is 3. The molecular weight excluding hydrogens is 328 g/mol. The lowest BCUT2D eigenvalue weighted by atomic mass is 10.0. The minimum atomic E-state index is -0.541. The average molecular weight is 345 g/mol. The Morgan fingerprint density at radius 3 is 2.67 bits per heavy atom. The summed E-state index contributed by atoms with van der Waals surface area (Å²) in [6, 6.07) is 9.98. The van der Waals surface area contributed by atoms with Crippen LogP contribution in [-0.2, 0) is 12.8 Å². The Bertz CT molecular complexity index is 820. The lowest BCUT2D eigenvalue weighted by Crippen LogP contribution is -2.27. The van der Waals surface area contributed by atoms with Crippen LogP contribution in [0.5, 0.6) is 0 Å². The van der Waals surface area contributed by atoms with E-state index >= 15 is 0 Å². The summed E-state index contributed by atoms with van der Waals surface area (Å²) in [5.41, 5.74) is 3.87. The van der Waals surface area contributed by atoms with Gasteiger partial charge in [-0.1, -0.05) is 29.8 Å². The zero-order valence-electron chi connectivity index (χ0n) is 13.2. The first kappa shape index (κ1) is 16.5. The Balaban J connectivity index is 1.75. The highest BCUT2D eigenvalue weighted by atomic mass is 35.5. The summed E-state index contributed by atoms with van der Waals surface area (Å²) in [6.45, 7) is 1.91. The lowest BCUT2D eigenvalue weighted by Gasteiger charge is -2.16. The number of benzene rings is 2. The molecule has 1 atom stereocenters. The van der Waals surface area contributed by atoms with Gasteiger partial charge in [0.05, 0.1) is 21.6 Å².